The smallest absolute Gasteiger partial charge is 0.253 e. The molecule has 2 rings (SSSR count). The van der Waals surface area contributed by atoms with Crippen LogP contribution in [0.2, 0.25) is 0 Å². The van der Waals surface area contributed by atoms with Crippen LogP contribution in [-0.2, 0) is 4.74 Å². The Morgan fingerprint density at radius 2 is 2.21 bits per heavy atom. The maximum Gasteiger partial charge on any atom is 0.253 e. The molecule has 0 bridgehead atoms. The topological polar surface area (TPSA) is 44.1 Å². The molecule has 0 amide bonds. The van der Waals surface area contributed by atoms with E-state index in [1.54, 1.807) is 17.0 Å². The second kappa shape index (κ2) is 3.92. The van der Waals surface area contributed by atoms with E-state index >= 15 is 0 Å². The summed E-state index contributed by atoms with van der Waals surface area (Å²) < 4.78 is 6.97. The Hall–Kier alpha value is -1.16. The van der Waals surface area contributed by atoms with E-state index < -0.39 is 0 Å². The third-order valence-corrected chi connectivity index (χ3v) is 2.56. The standard InChI is InChI=1S/C10H14N2O2/c1-8-6-10(13)12(7-11-8)9-2-4-14-5-3-9/h6-7,9H,2-5H2,1H3. The molecule has 1 saturated heterocycles. The Labute approximate surface area is 82.5 Å². The lowest BCUT2D eigenvalue weighted by atomic mass is 10.1. The van der Waals surface area contributed by atoms with Crippen LogP contribution >= 0.6 is 0 Å². The molecule has 1 aromatic heterocycles. The van der Waals surface area contributed by atoms with Crippen LogP contribution in [0.5, 0.6) is 0 Å². The van der Waals surface area contributed by atoms with Crippen LogP contribution in [0.25, 0.3) is 0 Å². The highest BCUT2D eigenvalue weighted by Gasteiger charge is 2.16. The van der Waals surface area contributed by atoms with Gasteiger partial charge in [-0.05, 0) is 19.8 Å². The van der Waals surface area contributed by atoms with Crippen molar-refractivity contribution in [2.45, 2.75) is 25.8 Å². The minimum Gasteiger partial charge on any atom is -0.381 e. The summed E-state index contributed by atoms with van der Waals surface area (Å²) in [6, 6.07) is 1.85. The first-order valence-corrected chi connectivity index (χ1v) is 4.90. The van der Waals surface area contributed by atoms with E-state index in [4.69, 9.17) is 4.74 Å². The predicted molar refractivity (Wildman–Crippen MR) is 52.3 cm³/mol. The molecule has 0 aromatic carbocycles. The number of hydrogen-bond acceptors (Lipinski definition) is 3. The molecule has 0 radical (unpaired) electrons. The molecule has 4 heteroatoms. The molecule has 2 heterocycles. The van der Waals surface area contributed by atoms with Crippen LogP contribution in [-0.4, -0.2) is 22.8 Å². The molecule has 0 unspecified atom stereocenters. The van der Waals surface area contributed by atoms with Crippen LogP contribution < -0.4 is 5.56 Å². The molecule has 1 fully saturated rings. The maximum atomic E-state index is 11.6. The first-order chi connectivity index (χ1) is 6.77. The fourth-order valence-electron chi connectivity index (χ4n) is 1.74. The van der Waals surface area contributed by atoms with Gasteiger partial charge < -0.3 is 4.74 Å². The molecule has 0 N–H and O–H groups in total. The molecule has 0 saturated carbocycles. The molecule has 0 aliphatic carbocycles. The predicted octanol–water partition coefficient (Wildman–Crippen LogP) is 0.903. The summed E-state index contributed by atoms with van der Waals surface area (Å²) >= 11 is 0. The van der Waals surface area contributed by atoms with Crippen molar-refractivity contribution in [3.63, 3.8) is 0 Å². The molecule has 1 aliphatic heterocycles. The van der Waals surface area contributed by atoms with Crippen molar-refractivity contribution in [3.05, 3.63) is 28.4 Å². The summed E-state index contributed by atoms with van der Waals surface area (Å²) in [7, 11) is 0. The van der Waals surface area contributed by atoms with Crippen molar-refractivity contribution >= 4 is 0 Å². The van der Waals surface area contributed by atoms with Gasteiger partial charge in [0.2, 0.25) is 0 Å². The van der Waals surface area contributed by atoms with Gasteiger partial charge in [0.15, 0.2) is 0 Å². The number of ether oxygens (including phenoxy) is 1. The number of hydrogen-bond donors (Lipinski definition) is 0. The van der Waals surface area contributed by atoms with Gasteiger partial charge in [0.25, 0.3) is 5.56 Å². The molecule has 14 heavy (non-hydrogen) atoms. The van der Waals surface area contributed by atoms with Gasteiger partial charge in [0, 0.05) is 31.0 Å². The fourth-order valence-corrected chi connectivity index (χ4v) is 1.74. The molecule has 76 valence electrons. The third kappa shape index (κ3) is 1.85. The Balaban J connectivity index is 2.26. The van der Waals surface area contributed by atoms with Gasteiger partial charge >= 0.3 is 0 Å². The number of aromatic nitrogens is 2. The van der Waals surface area contributed by atoms with E-state index in [2.05, 4.69) is 4.98 Å². The second-order valence-electron chi connectivity index (χ2n) is 3.62. The number of aryl methyl sites for hydroxylation is 1. The summed E-state index contributed by atoms with van der Waals surface area (Å²) in [6.07, 6.45) is 3.46. The van der Waals surface area contributed by atoms with Crippen LogP contribution in [0.3, 0.4) is 0 Å². The number of nitrogens with zero attached hydrogens (tertiary/aromatic N) is 2. The Morgan fingerprint density at radius 3 is 2.86 bits per heavy atom. The van der Waals surface area contributed by atoms with Crippen LogP contribution in [0.15, 0.2) is 17.2 Å². The average Bonchev–Trinajstić information content (AvgIpc) is 2.19. The zero-order valence-corrected chi connectivity index (χ0v) is 8.27. The SMILES string of the molecule is Cc1cc(=O)n(C2CCOCC2)cn1. The molecular weight excluding hydrogens is 180 g/mol. The van der Waals surface area contributed by atoms with Crippen molar-refractivity contribution < 1.29 is 4.74 Å². The highest BCUT2D eigenvalue weighted by atomic mass is 16.5. The van der Waals surface area contributed by atoms with Crippen molar-refractivity contribution in [2.24, 2.45) is 0 Å². The van der Waals surface area contributed by atoms with Gasteiger partial charge in [-0.2, -0.15) is 0 Å². The largest absolute Gasteiger partial charge is 0.381 e. The second-order valence-corrected chi connectivity index (χ2v) is 3.62. The summed E-state index contributed by atoms with van der Waals surface area (Å²) in [5.74, 6) is 0. The van der Waals surface area contributed by atoms with Crippen LogP contribution in [0.4, 0.5) is 0 Å². The van der Waals surface area contributed by atoms with E-state index in [0.29, 0.717) is 0 Å². The van der Waals surface area contributed by atoms with Crippen molar-refractivity contribution in [1.82, 2.24) is 9.55 Å². The number of rotatable bonds is 1. The van der Waals surface area contributed by atoms with Crippen molar-refractivity contribution in [3.8, 4) is 0 Å². The third-order valence-electron chi connectivity index (χ3n) is 2.56. The van der Waals surface area contributed by atoms with Crippen LogP contribution in [0.1, 0.15) is 24.6 Å². The summed E-state index contributed by atoms with van der Waals surface area (Å²) in [5, 5.41) is 0. The van der Waals surface area contributed by atoms with E-state index in [-0.39, 0.29) is 11.6 Å². The van der Waals surface area contributed by atoms with Crippen molar-refractivity contribution in [2.75, 3.05) is 13.2 Å². The minimum absolute atomic E-state index is 0.0457. The van der Waals surface area contributed by atoms with Crippen LogP contribution in [0, 0.1) is 6.92 Å². The Morgan fingerprint density at radius 1 is 1.50 bits per heavy atom. The molecule has 0 spiro atoms. The zero-order valence-electron chi connectivity index (χ0n) is 8.27. The van der Waals surface area contributed by atoms with E-state index in [1.165, 1.54) is 0 Å². The molecule has 1 aliphatic rings. The summed E-state index contributed by atoms with van der Waals surface area (Å²) in [5.41, 5.74) is 0.822. The fraction of sp³-hybridized carbons (Fsp3) is 0.600. The first kappa shape index (κ1) is 9.40. The quantitative estimate of drug-likeness (QED) is 0.667. The van der Waals surface area contributed by atoms with Gasteiger partial charge in [-0.3, -0.25) is 9.36 Å². The van der Waals surface area contributed by atoms with Gasteiger partial charge in [0.1, 0.15) is 0 Å². The van der Waals surface area contributed by atoms with E-state index in [9.17, 15) is 4.79 Å². The molecular formula is C10H14N2O2. The molecule has 1 aromatic rings. The zero-order chi connectivity index (χ0) is 9.97. The maximum absolute atomic E-state index is 11.6. The van der Waals surface area contributed by atoms with Gasteiger partial charge in [-0.15, -0.1) is 0 Å². The lowest BCUT2D eigenvalue weighted by molar-refractivity contribution is 0.0683. The van der Waals surface area contributed by atoms with Gasteiger partial charge in [-0.1, -0.05) is 0 Å². The monoisotopic (exact) mass is 194 g/mol. The van der Waals surface area contributed by atoms with Gasteiger partial charge in [-0.25, -0.2) is 4.98 Å². The highest BCUT2D eigenvalue weighted by Crippen LogP contribution is 2.17. The Kier molecular flexibility index (Phi) is 2.63. The van der Waals surface area contributed by atoms with Crippen molar-refractivity contribution in [1.29, 1.82) is 0 Å². The lowest BCUT2D eigenvalue weighted by Crippen LogP contribution is -2.29. The van der Waals surface area contributed by atoms with E-state index in [0.717, 1.165) is 31.7 Å². The summed E-state index contributed by atoms with van der Waals surface area (Å²) in [6.45, 7) is 3.31. The minimum atomic E-state index is 0.0457. The lowest BCUT2D eigenvalue weighted by Gasteiger charge is -2.23. The molecule has 0 atom stereocenters. The first-order valence-electron chi connectivity index (χ1n) is 4.90. The Bertz CT molecular complexity index is 367. The average molecular weight is 194 g/mol. The highest BCUT2D eigenvalue weighted by molar-refractivity contribution is 4.97. The molecule has 4 nitrogen and oxygen atoms in total. The normalized spacial score (nSPS) is 18.4. The summed E-state index contributed by atoms with van der Waals surface area (Å²) in [4.78, 5) is 15.8. The van der Waals surface area contributed by atoms with Gasteiger partial charge in [0.05, 0.1) is 6.33 Å². The van der Waals surface area contributed by atoms with E-state index in [1.807, 2.05) is 6.92 Å².